The number of hydrogen-bond acceptors (Lipinski definition) is 3. The van der Waals surface area contributed by atoms with E-state index in [-0.39, 0.29) is 0 Å². The van der Waals surface area contributed by atoms with E-state index < -0.39 is 0 Å². The molecule has 0 N–H and O–H groups in total. The molecule has 1 aliphatic rings. The van der Waals surface area contributed by atoms with E-state index >= 15 is 0 Å². The molecular weight excluding hydrogens is 294 g/mol. The molecule has 0 aliphatic carbocycles. The van der Waals surface area contributed by atoms with Crippen LogP contribution in [-0.2, 0) is 6.42 Å². The summed E-state index contributed by atoms with van der Waals surface area (Å²) in [6.07, 6.45) is 3.44. The third-order valence-corrected chi connectivity index (χ3v) is 4.87. The zero-order valence-corrected chi connectivity index (χ0v) is 15.6. The van der Waals surface area contributed by atoms with Crippen LogP contribution in [0.4, 0.5) is 22.7 Å². The molecule has 0 radical (unpaired) electrons. The Morgan fingerprint density at radius 2 is 1.33 bits per heavy atom. The highest BCUT2D eigenvalue weighted by molar-refractivity contribution is 5.79. The minimum absolute atomic E-state index is 1.02. The Bertz CT molecular complexity index is 662. The van der Waals surface area contributed by atoms with Crippen LogP contribution in [0.25, 0.3) is 0 Å². The van der Waals surface area contributed by atoms with Gasteiger partial charge in [0.15, 0.2) is 0 Å². The second-order valence-electron chi connectivity index (χ2n) is 7.10. The predicted molar refractivity (Wildman–Crippen MR) is 106 cm³/mol. The molecule has 0 spiro atoms. The molecule has 3 nitrogen and oxygen atoms in total. The van der Waals surface area contributed by atoms with Crippen LogP contribution in [0.15, 0.2) is 36.4 Å². The van der Waals surface area contributed by atoms with Crippen LogP contribution >= 0.6 is 0 Å². The summed E-state index contributed by atoms with van der Waals surface area (Å²) in [5.41, 5.74) is 8.14. The van der Waals surface area contributed by atoms with E-state index in [1.54, 1.807) is 0 Å². The van der Waals surface area contributed by atoms with Crippen molar-refractivity contribution in [1.29, 1.82) is 0 Å². The highest BCUT2D eigenvalue weighted by Crippen LogP contribution is 2.41. The van der Waals surface area contributed by atoms with E-state index in [1.165, 1.54) is 46.7 Å². The lowest BCUT2D eigenvalue weighted by Crippen LogP contribution is -2.25. The Morgan fingerprint density at radius 1 is 0.833 bits per heavy atom. The number of benzene rings is 2. The molecule has 0 amide bonds. The van der Waals surface area contributed by atoms with Gasteiger partial charge in [0, 0.05) is 63.9 Å². The number of anilines is 4. The maximum atomic E-state index is 2.53. The fraction of sp³-hybridized carbons (Fsp3) is 0.429. The first-order chi connectivity index (χ1) is 11.5. The lowest BCUT2D eigenvalue weighted by molar-refractivity contribution is 0.776. The lowest BCUT2D eigenvalue weighted by Gasteiger charge is -2.35. The molecule has 2 aromatic carbocycles. The van der Waals surface area contributed by atoms with Gasteiger partial charge in [-0.1, -0.05) is 25.5 Å². The molecule has 3 rings (SSSR count). The van der Waals surface area contributed by atoms with Crippen LogP contribution in [0.1, 0.15) is 30.9 Å². The van der Waals surface area contributed by atoms with Crippen LogP contribution in [0.3, 0.4) is 0 Å². The monoisotopic (exact) mass is 323 g/mol. The summed E-state index contributed by atoms with van der Waals surface area (Å²) in [5, 5.41) is 0. The smallest absolute Gasteiger partial charge is 0.0467 e. The zero-order chi connectivity index (χ0) is 17.3. The Balaban J connectivity index is 2.09. The summed E-state index contributed by atoms with van der Waals surface area (Å²) in [5.74, 6) is 0. The first-order valence-electron chi connectivity index (χ1n) is 8.89. The Labute approximate surface area is 146 Å². The second-order valence-corrected chi connectivity index (χ2v) is 7.10. The van der Waals surface area contributed by atoms with E-state index in [9.17, 15) is 0 Å². The minimum atomic E-state index is 1.02. The van der Waals surface area contributed by atoms with Gasteiger partial charge in [0.2, 0.25) is 0 Å². The molecule has 0 bridgehead atoms. The van der Waals surface area contributed by atoms with Crippen molar-refractivity contribution < 1.29 is 0 Å². The number of rotatable bonds is 5. The molecule has 24 heavy (non-hydrogen) atoms. The van der Waals surface area contributed by atoms with E-state index in [4.69, 9.17) is 0 Å². The van der Waals surface area contributed by atoms with Crippen molar-refractivity contribution in [3.05, 3.63) is 47.5 Å². The molecule has 0 unspecified atom stereocenters. The SMILES string of the molecule is CCCCN1c2cc(N(C)C)ccc2Cc2ccc(N(C)C)cc21. The standard InChI is InChI=1S/C21H29N3/c1-6-7-12-24-20-14-18(22(2)3)10-8-16(20)13-17-9-11-19(23(4)5)15-21(17)24/h8-11,14-15H,6-7,12-13H2,1-5H3. The second kappa shape index (κ2) is 6.76. The topological polar surface area (TPSA) is 9.72 Å². The maximum absolute atomic E-state index is 2.53. The summed E-state index contributed by atoms with van der Waals surface area (Å²) in [7, 11) is 8.44. The van der Waals surface area contributed by atoms with Gasteiger partial charge >= 0.3 is 0 Å². The van der Waals surface area contributed by atoms with Crippen molar-refractivity contribution >= 4 is 22.7 Å². The lowest BCUT2D eigenvalue weighted by atomic mass is 9.94. The summed E-state index contributed by atoms with van der Waals surface area (Å²) in [4.78, 5) is 6.89. The van der Waals surface area contributed by atoms with Gasteiger partial charge in [-0.3, -0.25) is 0 Å². The molecule has 0 atom stereocenters. The van der Waals surface area contributed by atoms with Crippen molar-refractivity contribution in [2.24, 2.45) is 0 Å². The average molecular weight is 323 g/mol. The predicted octanol–water partition coefficient (Wildman–Crippen LogP) is 4.66. The number of nitrogens with zero attached hydrogens (tertiary/aromatic N) is 3. The van der Waals surface area contributed by atoms with Crippen LogP contribution in [0.5, 0.6) is 0 Å². The van der Waals surface area contributed by atoms with E-state index in [0.29, 0.717) is 0 Å². The van der Waals surface area contributed by atoms with Crippen molar-refractivity contribution in [3.63, 3.8) is 0 Å². The number of fused-ring (bicyclic) bond motifs is 2. The van der Waals surface area contributed by atoms with Gasteiger partial charge in [-0.2, -0.15) is 0 Å². The normalized spacial score (nSPS) is 12.6. The van der Waals surface area contributed by atoms with Gasteiger partial charge in [0.1, 0.15) is 0 Å². The largest absolute Gasteiger partial charge is 0.378 e. The van der Waals surface area contributed by atoms with E-state index in [1.807, 2.05) is 0 Å². The summed E-state index contributed by atoms with van der Waals surface area (Å²) < 4.78 is 0. The fourth-order valence-corrected chi connectivity index (χ4v) is 3.35. The number of hydrogen-bond donors (Lipinski definition) is 0. The molecule has 0 saturated carbocycles. The van der Waals surface area contributed by atoms with E-state index in [2.05, 4.69) is 86.2 Å². The summed E-state index contributed by atoms with van der Waals surface area (Å²) >= 11 is 0. The van der Waals surface area contributed by atoms with Gasteiger partial charge in [0.25, 0.3) is 0 Å². The molecule has 0 saturated heterocycles. The molecule has 2 aromatic rings. The first kappa shape index (κ1) is 16.7. The highest BCUT2D eigenvalue weighted by atomic mass is 15.2. The van der Waals surface area contributed by atoms with Gasteiger partial charge in [-0.15, -0.1) is 0 Å². The Morgan fingerprint density at radius 3 is 1.75 bits per heavy atom. The third-order valence-electron chi connectivity index (χ3n) is 4.87. The van der Waals surface area contributed by atoms with Gasteiger partial charge in [-0.05, 0) is 41.8 Å². The Kier molecular flexibility index (Phi) is 4.70. The molecule has 3 heteroatoms. The van der Waals surface area contributed by atoms with E-state index in [0.717, 1.165) is 13.0 Å². The fourth-order valence-electron chi connectivity index (χ4n) is 3.35. The molecule has 128 valence electrons. The third kappa shape index (κ3) is 3.08. The van der Waals surface area contributed by atoms with Crippen molar-refractivity contribution in [2.75, 3.05) is 49.4 Å². The first-order valence-corrected chi connectivity index (χ1v) is 8.89. The van der Waals surface area contributed by atoms with Crippen LogP contribution in [0, 0.1) is 0 Å². The summed E-state index contributed by atoms with van der Waals surface area (Å²) in [6.45, 7) is 3.34. The molecule has 0 fully saturated rings. The van der Waals surface area contributed by atoms with Gasteiger partial charge in [-0.25, -0.2) is 0 Å². The average Bonchev–Trinajstić information content (AvgIpc) is 2.57. The molecule has 1 aliphatic heterocycles. The van der Waals surface area contributed by atoms with Gasteiger partial charge < -0.3 is 14.7 Å². The van der Waals surface area contributed by atoms with Crippen LogP contribution in [0.2, 0.25) is 0 Å². The van der Waals surface area contributed by atoms with Crippen molar-refractivity contribution in [3.8, 4) is 0 Å². The summed E-state index contributed by atoms with van der Waals surface area (Å²) in [6, 6.07) is 13.7. The zero-order valence-electron chi connectivity index (χ0n) is 15.6. The Hall–Kier alpha value is -2.16. The maximum Gasteiger partial charge on any atom is 0.0467 e. The molecule has 0 aromatic heterocycles. The van der Waals surface area contributed by atoms with Crippen LogP contribution < -0.4 is 14.7 Å². The van der Waals surface area contributed by atoms with Crippen molar-refractivity contribution in [2.45, 2.75) is 26.2 Å². The highest BCUT2D eigenvalue weighted by Gasteiger charge is 2.23. The number of unbranched alkanes of at least 4 members (excludes halogenated alkanes) is 1. The molecular formula is C21H29N3. The minimum Gasteiger partial charge on any atom is -0.378 e. The van der Waals surface area contributed by atoms with Crippen molar-refractivity contribution in [1.82, 2.24) is 0 Å². The quantitative estimate of drug-likeness (QED) is 0.792. The molecule has 1 heterocycles. The van der Waals surface area contributed by atoms with Crippen LogP contribution in [-0.4, -0.2) is 34.7 Å². The van der Waals surface area contributed by atoms with Gasteiger partial charge in [0.05, 0.1) is 0 Å².